The normalized spacial score (nSPS) is 25.9. The van der Waals surface area contributed by atoms with Gasteiger partial charge in [-0.05, 0) is 12.3 Å². The van der Waals surface area contributed by atoms with E-state index in [-0.39, 0.29) is 18.1 Å². The summed E-state index contributed by atoms with van der Waals surface area (Å²) < 4.78 is 5.22. The van der Waals surface area contributed by atoms with Gasteiger partial charge in [0.1, 0.15) is 0 Å². The highest BCUT2D eigenvalue weighted by Gasteiger charge is 2.31. The smallest absolute Gasteiger partial charge is 0.239 e. The van der Waals surface area contributed by atoms with E-state index < -0.39 is 0 Å². The molecule has 1 saturated heterocycles. The number of ether oxygens (including phenoxy) is 1. The zero-order chi connectivity index (χ0) is 11.4. The minimum absolute atomic E-state index is 0.0568. The first-order valence-corrected chi connectivity index (χ1v) is 5.55. The number of carbonyl (C=O) groups excluding carboxylic acids is 1. The third-order valence-corrected chi connectivity index (χ3v) is 2.74. The van der Waals surface area contributed by atoms with Crippen molar-refractivity contribution in [2.75, 3.05) is 27.2 Å². The average molecular weight is 214 g/mol. The maximum atomic E-state index is 12.0. The maximum Gasteiger partial charge on any atom is 0.239 e. The van der Waals surface area contributed by atoms with Gasteiger partial charge in [-0.1, -0.05) is 13.8 Å². The Balaban J connectivity index is 2.40. The summed E-state index contributed by atoms with van der Waals surface area (Å²) in [7, 11) is 3.56. The predicted octanol–water partition coefficient (Wildman–Crippen LogP) is 0.478. The van der Waals surface area contributed by atoms with Gasteiger partial charge in [-0.2, -0.15) is 0 Å². The van der Waals surface area contributed by atoms with E-state index in [0.29, 0.717) is 5.92 Å². The quantitative estimate of drug-likeness (QED) is 0.740. The molecule has 0 aliphatic carbocycles. The minimum Gasteiger partial charge on any atom is -0.380 e. The summed E-state index contributed by atoms with van der Waals surface area (Å²) in [5, 5.41) is 3.20. The van der Waals surface area contributed by atoms with Crippen molar-refractivity contribution < 1.29 is 9.53 Å². The zero-order valence-corrected chi connectivity index (χ0v) is 10.1. The van der Waals surface area contributed by atoms with Gasteiger partial charge in [-0.3, -0.25) is 4.79 Å². The van der Waals surface area contributed by atoms with Crippen LogP contribution in [0.4, 0.5) is 0 Å². The van der Waals surface area contributed by atoms with Crippen LogP contribution in [0.2, 0.25) is 0 Å². The molecule has 1 aliphatic rings. The van der Waals surface area contributed by atoms with Gasteiger partial charge in [-0.25, -0.2) is 0 Å². The Morgan fingerprint density at radius 1 is 1.60 bits per heavy atom. The molecule has 2 unspecified atom stereocenters. The van der Waals surface area contributed by atoms with E-state index in [0.717, 1.165) is 19.5 Å². The number of carbonyl (C=O) groups is 1. The Labute approximate surface area is 92.0 Å². The van der Waals surface area contributed by atoms with Crippen LogP contribution in [-0.4, -0.2) is 50.2 Å². The van der Waals surface area contributed by atoms with Crippen molar-refractivity contribution in [3.05, 3.63) is 0 Å². The molecule has 0 spiro atoms. The van der Waals surface area contributed by atoms with Gasteiger partial charge in [0.2, 0.25) is 5.91 Å². The lowest BCUT2D eigenvalue weighted by atomic mass is 10.1. The van der Waals surface area contributed by atoms with Crippen LogP contribution in [0.5, 0.6) is 0 Å². The molecule has 0 aromatic rings. The first kappa shape index (κ1) is 12.5. The van der Waals surface area contributed by atoms with Crippen LogP contribution in [0, 0.1) is 5.92 Å². The number of amides is 1. The number of methoxy groups -OCH3 is 1. The SMILES string of the molecule is COC1CNC(C(=O)N(C)CC(C)C)C1. The van der Waals surface area contributed by atoms with Gasteiger partial charge in [0.15, 0.2) is 0 Å². The number of nitrogens with zero attached hydrogens (tertiary/aromatic N) is 1. The Morgan fingerprint density at radius 3 is 2.73 bits per heavy atom. The lowest BCUT2D eigenvalue weighted by Crippen LogP contribution is -2.42. The summed E-state index contributed by atoms with van der Waals surface area (Å²) in [6.07, 6.45) is 0.976. The van der Waals surface area contributed by atoms with Crippen molar-refractivity contribution >= 4 is 5.91 Å². The van der Waals surface area contributed by atoms with Crippen LogP contribution in [0.3, 0.4) is 0 Å². The summed E-state index contributed by atoms with van der Waals surface area (Å²) >= 11 is 0. The van der Waals surface area contributed by atoms with E-state index in [1.165, 1.54) is 0 Å². The molecular weight excluding hydrogens is 192 g/mol. The van der Waals surface area contributed by atoms with Gasteiger partial charge in [0.05, 0.1) is 12.1 Å². The first-order valence-electron chi connectivity index (χ1n) is 5.55. The molecule has 1 heterocycles. The van der Waals surface area contributed by atoms with Crippen molar-refractivity contribution in [1.82, 2.24) is 10.2 Å². The van der Waals surface area contributed by atoms with Crippen LogP contribution in [-0.2, 0) is 9.53 Å². The topological polar surface area (TPSA) is 41.6 Å². The molecule has 0 saturated carbocycles. The van der Waals surface area contributed by atoms with Crippen molar-refractivity contribution in [3.63, 3.8) is 0 Å². The van der Waals surface area contributed by atoms with E-state index in [2.05, 4.69) is 19.2 Å². The molecule has 0 aromatic carbocycles. The fourth-order valence-electron chi connectivity index (χ4n) is 1.97. The number of rotatable bonds is 4. The molecule has 2 atom stereocenters. The number of nitrogens with one attached hydrogen (secondary N) is 1. The second-order valence-corrected chi connectivity index (χ2v) is 4.67. The highest BCUT2D eigenvalue weighted by atomic mass is 16.5. The Kier molecular flexibility index (Phi) is 4.54. The van der Waals surface area contributed by atoms with Crippen LogP contribution in [0.1, 0.15) is 20.3 Å². The molecule has 0 radical (unpaired) electrons. The lowest BCUT2D eigenvalue weighted by molar-refractivity contribution is -0.132. The largest absolute Gasteiger partial charge is 0.380 e. The third-order valence-electron chi connectivity index (χ3n) is 2.74. The summed E-state index contributed by atoms with van der Waals surface area (Å²) in [4.78, 5) is 13.8. The maximum absolute atomic E-state index is 12.0. The molecule has 1 N–H and O–H groups in total. The molecule has 1 rings (SSSR count). The van der Waals surface area contributed by atoms with Gasteiger partial charge in [0, 0.05) is 27.2 Å². The Hall–Kier alpha value is -0.610. The molecule has 4 nitrogen and oxygen atoms in total. The molecule has 1 aliphatic heterocycles. The van der Waals surface area contributed by atoms with Crippen LogP contribution >= 0.6 is 0 Å². The van der Waals surface area contributed by atoms with Gasteiger partial charge >= 0.3 is 0 Å². The highest BCUT2D eigenvalue weighted by Crippen LogP contribution is 2.12. The van der Waals surface area contributed by atoms with Crippen LogP contribution in [0.15, 0.2) is 0 Å². The fourth-order valence-corrected chi connectivity index (χ4v) is 1.97. The molecule has 4 heteroatoms. The van der Waals surface area contributed by atoms with E-state index in [4.69, 9.17) is 4.74 Å². The van der Waals surface area contributed by atoms with E-state index >= 15 is 0 Å². The van der Waals surface area contributed by atoms with Crippen molar-refractivity contribution in [2.24, 2.45) is 5.92 Å². The highest BCUT2D eigenvalue weighted by molar-refractivity contribution is 5.82. The first-order chi connectivity index (χ1) is 7.04. The summed E-state index contributed by atoms with van der Waals surface area (Å²) in [6, 6.07) is -0.0568. The molecule has 15 heavy (non-hydrogen) atoms. The van der Waals surface area contributed by atoms with Gasteiger partial charge < -0.3 is 15.0 Å². The minimum atomic E-state index is -0.0568. The lowest BCUT2D eigenvalue weighted by Gasteiger charge is -2.22. The number of likely N-dealkylation sites (N-methyl/N-ethyl adjacent to an activating group) is 1. The van der Waals surface area contributed by atoms with E-state index in [1.807, 2.05) is 7.05 Å². The number of hydrogen-bond acceptors (Lipinski definition) is 3. The molecule has 88 valence electrons. The molecule has 1 amide bonds. The van der Waals surface area contributed by atoms with Gasteiger partial charge in [0.25, 0.3) is 0 Å². The second-order valence-electron chi connectivity index (χ2n) is 4.67. The van der Waals surface area contributed by atoms with Crippen molar-refractivity contribution in [3.8, 4) is 0 Å². The Morgan fingerprint density at radius 2 is 2.27 bits per heavy atom. The molecule has 0 aromatic heterocycles. The van der Waals surface area contributed by atoms with E-state index in [1.54, 1.807) is 12.0 Å². The second kappa shape index (κ2) is 5.47. The molecule has 0 bridgehead atoms. The van der Waals surface area contributed by atoms with Crippen molar-refractivity contribution in [2.45, 2.75) is 32.4 Å². The molecule has 1 fully saturated rings. The monoisotopic (exact) mass is 214 g/mol. The average Bonchev–Trinajstić information content (AvgIpc) is 2.63. The third kappa shape index (κ3) is 3.47. The fraction of sp³-hybridized carbons (Fsp3) is 0.909. The zero-order valence-electron chi connectivity index (χ0n) is 10.1. The molecular formula is C11H22N2O2. The van der Waals surface area contributed by atoms with Crippen LogP contribution < -0.4 is 5.32 Å². The summed E-state index contributed by atoms with van der Waals surface area (Å²) in [5.74, 6) is 0.696. The van der Waals surface area contributed by atoms with Gasteiger partial charge in [-0.15, -0.1) is 0 Å². The van der Waals surface area contributed by atoms with E-state index in [9.17, 15) is 4.79 Å². The van der Waals surface area contributed by atoms with Crippen molar-refractivity contribution in [1.29, 1.82) is 0 Å². The summed E-state index contributed by atoms with van der Waals surface area (Å²) in [5.41, 5.74) is 0. The summed E-state index contributed by atoms with van der Waals surface area (Å²) in [6.45, 7) is 5.82. The standard InChI is InChI=1S/C11H22N2O2/c1-8(2)7-13(3)11(14)10-5-9(15-4)6-12-10/h8-10,12H,5-7H2,1-4H3. The number of hydrogen-bond donors (Lipinski definition) is 1. The Bertz CT molecular complexity index is 219. The predicted molar refractivity (Wildman–Crippen MR) is 59.7 cm³/mol. The van der Waals surface area contributed by atoms with Crippen LogP contribution in [0.25, 0.3) is 0 Å².